The molecule has 2 aromatic rings. The van der Waals surface area contributed by atoms with Crippen LogP contribution in [-0.2, 0) is 9.53 Å². The maximum Gasteiger partial charge on any atom is 0.338 e. The zero-order valence-electron chi connectivity index (χ0n) is 22.7. The first-order chi connectivity index (χ1) is 18.2. The van der Waals surface area contributed by atoms with E-state index < -0.39 is 12.0 Å². The fraction of sp³-hybridized carbons (Fsp3) is 0.414. The third kappa shape index (κ3) is 5.52. The van der Waals surface area contributed by atoms with Crippen molar-refractivity contribution in [1.82, 2.24) is 20.0 Å². The molecule has 2 aromatic carbocycles. The molecule has 2 aliphatic rings. The van der Waals surface area contributed by atoms with E-state index in [1.54, 1.807) is 27.1 Å². The fourth-order valence-corrected chi connectivity index (χ4v) is 5.09. The second-order valence-corrected chi connectivity index (χ2v) is 9.71. The lowest BCUT2D eigenvalue weighted by Crippen LogP contribution is -2.56. The van der Waals surface area contributed by atoms with Crippen LogP contribution in [0.2, 0.25) is 0 Å². The molecule has 0 unspecified atom stereocenters. The molecule has 3 amide bonds. The summed E-state index contributed by atoms with van der Waals surface area (Å²) in [5.41, 5.74) is 3.42. The van der Waals surface area contributed by atoms with Crippen molar-refractivity contribution >= 4 is 17.9 Å². The number of hydrogen-bond donors (Lipinski definition) is 1. The Bertz CT molecular complexity index is 1230. The number of carbonyl (C=O) groups excluding carboxylic acids is 3. The molecule has 9 nitrogen and oxygen atoms in total. The second-order valence-electron chi connectivity index (χ2n) is 9.71. The van der Waals surface area contributed by atoms with Gasteiger partial charge in [-0.2, -0.15) is 0 Å². The van der Waals surface area contributed by atoms with Crippen LogP contribution >= 0.6 is 0 Å². The third-order valence-corrected chi connectivity index (χ3v) is 7.17. The molecule has 2 aliphatic heterocycles. The monoisotopic (exact) mass is 520 g/mol. The first-order valence-corrected chi connectivity index (χ1v) is 12.9. The Morgan fingerprint density at radius 1 is 1.08 bits per heavy atom. The van der Waals surface area contributed by atoms with Gasteiger partial charge in [-0.25, -0.2) is 9.59 Å². The molecule has 0 aliphatic carbocycles. The van der Waals surface area contributed by atoms with Gasteiger partial charge in [0.1, 0.15) is 5.75 Å². The van der Waals surface area contributed by atoms with E-state index in [-0.39, 0.29) is 24.6 Å². The maximum absolute atomic E-state index is 13.3. The first-order valence-electron chi connectivity index (χ1n) is 12.9. The van der Waals surface area contributed by atoms with Crippen molar-refractivity contribution < 1.29 is 23.9 Å². The Morgan fingerprint density at radius 2 is 1.79 bits per heavy atom. The van der Waals surface area contributed by atoms with Crippen LogP contribution < -0.4 is 10.1 Å². The zero-order chi connectivity index (χ0) is 27.4. The van der Waals surface area contributed by atoms with E-state index in [0.717, 1.165) is 5.56 Å². The number of amides is 3. The average molecular weight is 521 g/mol. The average Bonchev–Trinajstić information content (AvgIpc) is 2.91. The van der Waals surface area contributed by atoms with Gasteiger partial charge in [0.15, 0.2) is 0 Å². The molecule has 1 N–H and O–H groups in total. The summed E-state index contributed by atoms with van der Waals surface area (Å²) in [5.74, 6) is 0.0980. The predicted molar refractivity (Wildman–Crippen MR) is 144 cm³/mol. The van der Waals surface area contributed by atoms with Crippen LogP contribution in [0.25, 0.3) is 0 Å². The standard InChI is InChI=1S/C29H36N4O5/c1-6-38-28(35)25-23(31(4)29(36)30-26(25)22-9-7-8-10-24(22)37-5)18-32-15-16-33(20(3)17-32)27(34)21-13-11-19(2)12-14-21/h7-14,20,26H,6,15-18H2,1-5H3,(H,30,36)/t20-,26-/m0/s1. The largest absolute Gasteiger partial charge is 0.496 e. The minimum Gasteiger partial charge on any atom is -0.496 e. The topological polar surface area (TPSA) is 91.4 Å². The Kier molecular flexibility index (Phi) is 8.36. The normalized spacial score (nSPS) is 20.3. The molecule has 1 saturated heterocycles. The molecule has 1 fully saturated rings. The van der Waals surface area contributed by atoms with Crippen LogP contribution in [0.3, 0.4) is 0 Å². The highest BCUT2D eigenvalue weighted by Gasteiger charge is 2.39. The second kappa shape index (κ2) is 11.7. The minimum atomic E-state index is -0.717. The number of esters is 1. The quantitative estimate of drug-likeness (QED) is 0.563. The molecular weight excluding hydrogens is 484 g/mol. The molecule has 0 saturated carbocycles. The number of piperazine rings is 1. The van der Waals surface area contributed by atoms with Crippen LogP contribution in [0.4, 0.5) is 4.79 Å². The number of likely N-dealkylation sites (N-methyl/N-ethyl adjacent to an activating group) is 1. The number of methoxy groups -OCH3 is 1. The fourth-order valence-electron chi connectivity index (χ4n) is 5.09. The van der Waals surface area contributed by atoms with Crippen molar-refractivity contribution in [3.63, 3.8) is 0 Å². The van der Waals surface area contributed by atoms with E-state index in [4.69, 9.17) is 9.47 Å². The SMILES string of the molecule is CCOC(=O)C1=C(CN2CCN(C(=O)c3ccc(C)cc3)[C@@H](C)C2)N(C)C(=O)N[C@H]1c1ccccc1OC. The number of aryl methyl sites for hydroxylation is 1. The highest BCUT2D eigenvalue weighted by atomic mass is 16.5. The van der Waals surface area contributed by atoms with Gasteiger partial charge >= 0.3 is 12.0 Å². The zero-order valence-corrected chi connectivity index (χ0v) is 22.7. The summed E-state index contributed by atoms with van der Waals surface area (Å²) in [6.07, 6.45) is 0. The molecule has 2 heterocycles. The van der Waals surface area contributed by atoms with Crippen molar-refractivity contribution in [2.75, 3.05) is 46.9 Å². The van der Waals surface area contributed by atoms with Gasteiger partial charge in [-0.3, -0.25) is 14.6 Å². The number of ether oxygens (including phenoxy) is 2. The van der Waals surface area contributed by atoms with Gasteiger partial charge in [-0.15, -0.1) is 0 Å². The van der Waals surface area contributed by atoms with Crippen molar-refractivity contribution in [3.8, 4) is 5.75 Å². The smallest absolute Gasteiger partial charge is 0.338 e. The predicted octanol–water partition coefficient (Wildman–Crippen LogP) is 3.36. The number of hydrogen-bond acceptors (Lipinski definition) is 6. The minimum absolute atomic E-state index is 0.00831. The van der Waals surface area contributed by atoms with Gasteiger partial charge in [0.2, 0.25) is 0 Å². The number of nitrogens with one attached hydrogen (secondary N) is 1. The number of benzene rings is 2. The number of carbonyl (C=O) groups is 3. The van der Waals surface area contributed by atoms with Gasteiger partial charge in [0.05, 0.1) is 25.3 Å². The van der Waals surface area contributed by atoms with E-state index in [1.807, 2.05) is 61.2 Å². The molecule has 202 valence electrons. The van der Waals surface area contributed by atoms with Crippen molar-refractivity contribution in [2.45, 2.75) is 32.9 Å². The molecular formula is C29H36N4O5. The van der Waals surface area contributed by atoms with Gasteiger partial charge in [0, 0.05) is 56.1 Å². The Morgan fingerprint density at radius 3 is 2.45 bits per heavy atom. The summed E-state index contributed by atoms with van der Waals surface area (Å²) in [6, 6.07) is 13.9. The summed E-state index contributed by atoms with van der Waals surface area (Å²) in [6.45, 7) is 8.10. The highest BCUT2D eigenvalue weighted by Crippen LogP contribution is 2.36. The lowest BCUT2D eigenvalue weighted by Gasteiger charge is -2.42. The molecule has 9 heteroatoms. The number of rotatable bonds is 7. The van der Waals surface area contributed by atoms with Crippen LogP contribution in [0.5, 0.6) is 5.75 Å². The summed E-state index contributed by atoms with van der Waals surface area (Å²) < 4.78 is 11.0. The van der Waals surface area contributed by atoms with Gasteiger partial charge in [-0.05, 0) is 39.0 Å². The maximum atomic E-state index is 13.3. The molecule has 2 atom stereocenters. The number of nitrogens with zero attached hydrogens (tertiary/aromatic N) is 3. The summed E-state index contributed by atoms with van der Waals surface area (Å²) in [4.78, 5) is 45.0. The van der Waals surface area contributed by atoms with Crippen molar-refractivity contribution in [2.24, 2.45) is 0 Å². The molecule has 0 bridgehead atoms. The Balaban J connectivity index is 1.62. The van der Waals surface area contributed by atoms with Gasteiger partial charge in [-0.1, -0.05) is 35.9 Å². The van der Waals surface area contributed by atoms with Crippen LogP contribution in [0.15, 0.2) is 59.8 Å². The van der Waals surface area contributed by atoms with Crippen molar-refractivity contribution in [1.29, 1.82) is 0 Å². The van der Waals surface area contributed by atoms with E-state index in [2.05, 4.69) is 10.2 Å². The van der Waals surface area contributed by atoms with Crippen LogP contribution in [-0.4, -0.2) is 85.6 Å². The first kappa shape index (κ1) is 27.2. The molecule has 0 aromatic heterocycles. The van der Waals surface area contributed by atoms with Crippen LogP contribution in [0.1, 0.15) is 41.4 Å². The van der Waals surface area contributed by atoms with Crippen molar-refractivity contribution in [3.05, 3.63) is 76.5 Å². The lowest BCUT2D eigenvalue weighted by molar-refractivity contribution is -0.139. The lowest BCUT2D eigenvalue weighted by atomic mass is 9.93. The Hall–Kier alpha value is -3.85. The molecule has 4 rings (SSSR count). The highest BCUT2D eigenvalue weighted by molar-refractivity contribution is 5.96. The molecule has 0 radical (unpaired) electrons. The molecule has 0 spiro atoms. The number of para-hydroxylation sites is 1. The third-order valence-electron chi connectivity index (χ3n) is 7.17. The van der Waals surface area contributed by atoms with Gasteiger partial charge in [0.25, 0.3) is 5.91 Å². The number of urea groups is 1. The van der Waals surface area contributed by atoms with Gasteiger partial charge < -0.3 is 19.7 Å². The van der Waals surface area contributed by atoms with E-state index in [0.29, 0.717) is 54.3 Å². The summed E-state index contributed by atoms with van der Waals surface area (Å²) in [5, 5.41) is 2.94. The van der Waals surface area contributed by atoms with Crippen LogP contribution in [0, 0.1) is 6.92 Å². The Labute approximate surface area is 224 Å². The summed E-state index contributed by atoms with van der Waals surface area (Å²) in [7, 11) is 3.21. The van der Waals surface area contributed by atoms with E-state index >= 15 is 0 Å². The molecule has 38 heavy (non-hydrogen) atoms. The summed E-state index contributed by atoms with van der Waals surface area (Å²) >= 11 is 0. The van der Waals surface area contributed by atoms with E-state index in [1.165, 1.54) is 4.90 Å². The van der Waals surface area contributed by atoms with E-state index in [9.17, 15) is 14.4 Å².